The van der Waals surface area contributed by atoms with Crippen LogP contribution < -0.4 is 10.1 Å². The number of hydrogen-bond acceptors (Lipinski definition) is 3. The zero-order valence-corrected chi connectivity index (χ0v) is 13.4. The minimum Gasteiger partial charge on any atom is -0.491 e. The van der Waals surface area contributed by atoms with Crippen LogP contribution in [0.1, 0.15) is 38.2 Å². The number of aliphatic hydroxyl groups excluding tert-OH is 1. The molecule has 0 saturated carbocycles. The molecule has 1 fully saturated rings. The van der Waals surface area contributed by atoms with Crippen LogP contribution >= 0.6 is 0 Å². The molecule has 5 nitrogen and oxygen atoms in total. The fourth-order valence-corrected chi connectivity index (χ4v) is 2.80. The third kappa shape index (κ3) is 4.13. The summed E-state index contributed by atoms with van der Waals surface area (Å²) in [6, 6.07) is 7.83. The van der Waals surface area contributed by atoms with Gasteiger partial charge in [0, 0.05) is 6.54 Å². The molecule has 2 N–H and O–H groups in total. The number of urea groups is 1. The van der Waals surface area contributed by atoms with Gasteiger partial charge in [-0.25, -0.2) is 4.79 Å². The Labute approximate surface area is 132 Å². The van der Waals surface area contributed by atoms with Gasteiger partial charge in [-0.15, -0.1) is 0 Å². The van der Waals surface area contributed by atoms with Crippen LogP contribution in [0, 0.1) is 0 Å². The minimum absolute atomic E-state index is 0.0334. The largest absolute Gasteiger partial charge is 0.491 e. The van der Waals surface area contributed by atoms with E-state index in [2.05, 4.69) is 25.2 Å². The van der Waals surface area contributed by atoms with E-state index in [0.717, 1.165) is 18.6 Å². The summed E-state index contributed by atoms with van der Waals surface area (Å²) in [5.41, 5.74) is 1.17. The molecular weight excluding hydrogens is 280 g/mol. The van der Waals surface area contributed by atoms with Gasteiger partial charge in [-0.05, 0) is 30.4 Å². The lowest BCUT2D eigenvalue weighted by Gasteiger charge is -2.23. The maximum atomic E-state index is 12.0. The smallest absolute Gasteiger partial charge is 0.317 e. The number of carbonyl (C=O) groups is 1. The number of benzene rings is 1. The van der Waals surface area contributed by atoms with Crippen LogP contribution in [0.4, 0.5) is 4.79 Å². The van der Waals surface area contributed by atoms with Crippen molar-refractivity contribution < 1.29 is 14.6 Å². The maximum Gasteiger partial charge on any atom is 0.317 e. The van der Waals surface area contributed by atoms with Crippen molar-refractivity contribution in [3.63, 3.8) is 0 Å². The van der Waals surface area contributed by atoms with E-state index >= 15 is 0 Å². The fourth-order valence-electron chi connectivity index (χ4n) is 2.80. The zero-order valence-electron chi connectivity index (χ0n) is 13.4. The van der Waals surface area contributed by atoms with Crippen LogP contribution in [0.2, 0.25) is 0 Å². The highest BCUT2D eigenvalue weighted by atomic mass is 16.5. The van der Waals surface area contributed by atoms with Crippen molar-refractivity contribution in [3.05, 3.63) is 29.8 Å². The average Bonchev–Trinajstić information content (AvgIpc) is 3.00. The van der Waals surface area contributed by atoms with Gasteiger partial charge in [-0.2, -0.15) is 0 Å². The summed E-state index contributed by atoms with van der Waals surface area (Å²) in [6.45, 7) is 5.91. The van der Waals surface area contributed by atoms with E-state index in [4.69, 9.17) is 4.74 Å². The Kier molecular flexibility index (Phi) is 6.07. The van der Waals surface area contributed by atoms with E-state index in [9.17, 15) is 9.90 Å². The van der Waals surface area contributed by atoms with Crippen molar-refractivity contribution in [3.8, 4) is 5.75 Å². The lowest BCUT2D eigenvalue weighted by molar-refractivity contribution is 0.156. The predicted molar refractivity (Wildman–Crippen MR) is 86.2 cm³/mol. The summed E-state index contributed by atoms with van der Waals surface area (Å²) in [7, 11) is 0. The highest BCUT2D eigenvalue weighted by Gasteiger charge is 2.27. The molecular formula is C17H26N2O3. The second-order valence-corrected chi connectivity index (χ2v) is 5.94. The van der Waals surface area contributed by atoms with Gasteiger partial charge < -0.3 is 20.1 Å². The van der Waals surface area contributed by atoms with Crippen molar-refractivity contribution in [2.75, 3.05) is 26.3 Å². The molecule has 22 heavy (non-hydrogen) atoms. The van der Waals surface area contributed by atoms with Gasteiger partial charge in [0.1, 0.15) is 12.4 Å². The molecule has 1 atom stereocenters. The van der Waals surface area contributed by atoms with Crippen LogP contribution in [0.5, 0.6) is 5.75 Å². The number of aliphatic hydroxyl groups is 1. The summed E-state index contributed by atoms with van der Waals surface area (Å²) in [6.07, 6.45) is 1.83. The Morgan fingerprint density at radius 1 is 1.45 bits per heavy atom. The SMILES string of the molecule is CC(C)c1ccccc1OCCNC(=O)N1CCCC1CO. The summed E-state index contributed by atoms with van der Waals surface area (Å²) in [5, 5.41) is 12.1. The number of carbonyl (C=O) groups excluding carboxylic acids is 1. The molecule has 1 aliphatic rings. The monoisotopic (exact) mass is 306 g/mol. The van der Waals surface area contributed by atoms with Gasteiger partial charge in [0.2, 0.25) is 0 Å². The van der Waals surface area contributed by atoms with Crippen molar-refractivity contribution >= 4 is 6.03 Å². The number of nitrogens with one attached hydrogen (secondary N) is 1. The van der Waals surface area contributed by atoms with E-state index in [1.165, 1.54) is 5.56 Å². The number of rotatable bonds is 6. The Hall–Kier alpha value is -1.75. The molecule has 0 spiro atoms. The van der Waals surface area contributed by atoms with E-state index in [0.29, 0.717) is 25.6 Å². The molecule has 0 radical (unpaired) electrons. The highest BCUT2D eigenvalue weighted by Crippen LogP contribution is 2.25. The minimum atomic E-state index is -0.114. The molecule has 0 aromatic heterocycles. The number of para-hydroxylation sites is 1. The first-order chi connectivity index (χ1) is 10.6. The predicted octanol–water partition coefficient (Wildman–Crippen LogP) is 2.36. The van der Waals surface area contributed by atoms with Gasteiger partial charge in [0.15, 0.2) is 0 Å². The van der Waals surface area contributed by atoms with Crippen LogP contribution in [-0.4, -0.2) is 48.4 Å². The first-order valence-corrected chi connectivity index (χ1v) is 8.00. The van der Waals surface area contributed by atoms with Crippen LogP contribution in [0.15, 0.2) is 24.3 Å². The molecule has 1 unspecified atom stereocenters. The van der Waals surface area contributed by atoms with Crippen molar-refractivity contribution in [1.29, 1.82) is 0 Å². The number of amides is 2. The van der Waals surface area contributed by atoms with Gasteiger partial charge in [0.05, 0.1) is 19.2 Å². The van der Waals surface area contributed by atoms with Gasteiger partial charge in [-0.1, -0.05) is 32.0 Å². The van der Waals surface area contributed by atoms with Crippen molar-refractivity contribution in [2.24, 2.45) is 0 Å². The number of ether oxygens (including phenoxy) is 1. The maximum absolute atomic E-state index is 12.0. The Morgan fingerprint density at radius 2 is 2.23 bits per heavy atom. The topological polar surface area (TPSA) is 61.8 Å². The van der Waals surface area contributed by atoms with E-state index < -0.39 is 0 Å². The zero-order chi connectivity index (χ0) is 15.9. The Balaban J connectivity index is 1.77. The van der Waals surface area contributed by atoms with Gasteiger partial charge in [0.25, 0.3) is 0 Å². The first-order valence-electron chi connectivity index (χ1n) is 8.00. The second-order valence-electron chi connectivity index (χ2n) is 5.94. The Bertz CT molecular complexity index is 491. The summed E-state index contributed by atoms with van der Waals surface area (Å²) < 4.78 is 5.78. The third-order valence-electron chi connectivity index (χ3n) is 4.03. The van der Waals surface area contributed by atoms with Crippen LogP contribution in [0.3, 0.4) is 0 Å². The summed E-state index contributed by atoms with van der Waals surface area (Å²) in [4.78, 5) is 13.8. The van der Waals surface area contributed by atoms with Crippen molar-refractivity contribution in [1.82, 2.24) is 10.2 Å². The van der Waals surface area contributed by atoms with Crippen LogP contribution in [0.25, 0.3) is 0 Å². The molecule has 1 heterocycles. The molecule has 0 bridgehead atoms. The van der Waals surface area contributed by atoms with E-state index in [1.54, 1.807) is 4.90 Å². The normalized spacial score (nSPS) is 17.8. The summed E-state index contributed by atoms with van der Waals surface area (Å²) in [5.74, 6) is 1.28. The molecule has 1 aromatic rings. The number of nitrogens with zero attached hydrogens (tertiary/aromatic N) is 1. The van der Waals surface area contributed by atoms with Crippen molar-refractivity contribution in [2.45, 2.75) is 38.6 Å². The Morgan fingerprint density at radius 3 is 2.95 bits per heavy atom. The molecule has 1 saturated heterocycles. The lowest BCUT2D eigenvalue weighted by Crippen LogP contribution is -2.45. The molecule has 122 valence electrons. The number of hydrogen-bond donors (Lipinski definition) is 2. The molecule has 2 amide bonds. The quantitative estimate of drug-likeness (QED) is 0.793. The fraction of sp³-hybridized carbons (Fsp3) is 0.588. The second kappa shape index (κ2) is 8.03. The van der Waals surface area contributed by atoms with Gasteiger partial charge >= 0.3 is 6.03 Å². The average molecular weight is 306 g/mol. The van der Waals surface area contributed by atoms with Gasteiger partial charge in [-0.3, -0.25) is 0 Å². The molecule has 1 aliphatic heterocycles. The molecule has 1 aromatic carbocycles. The lowest BCUT2D eigenvalue weighted by atomic mass is 10.0. The van der Waals surface area contributed by atoms with E-state index in [1.807, 2.05) is 18.2 Å². The first kappa shape index (κ1) is 16.6. The number of likely N-dealkylation sites (tertiary alicyclic amines) is 1. The van der Waals surface area contributed by atoms with Crippen LogP contribution in [-0.2, 0) is 0 Å². The standard InChI is InChI=1S/C17H26N2O3/c1-13(2)15-7-3-4-8-16(15)22-11-9-18-17(21)19-10-5-6-14(19)12-20/h3-4,7-8,13-14,20H,5-6,9-12H2,1-2H3,(H,18,21). The molecule has 5 heteroatoms. The van der Waals surface area contributed by atoms with E-state index in [-0.39, 0.29) is 18.7 Å². The third-order valence-corrected chi connectivity index (χ3v) is 4.03. The summed E-state index contributed by atoms with van der Waals surface area (Å²) >= 11 is 0. The molecule has 0 aliphatic carbocycles. The molecule has 2 rings (SSSR count). The highest BCUT2D eigenvalue weighted by molar-refractivity contribution is 5.74.